The average Bonchev–Trinajstić information content (AvgIpc) is 3.56. The number of aliphatic hydroxyl groups excluding tert-OH is 1. The second-order valence-corrected chi connectivity index (χ2v) is 9.15. The van der Waals surface area contributed by atoms with Crippen LogP contribution in [-0.2, 0) is 22.7 Å². The van der Waals surface area contributed by atoms with E-state index in [1.807, 2.05) is 30.3 Å². The van der Waals surface area contributed by atoms with E-state index in [0.29, 0.717) is 35.0 Å². The van der Waals surface area contributed by atoms with Gasteiger partial charge in [-0.15, -0.1) is 0 Å². The maximum atomic E-state index is 14.3. The Morgan fingerprint density at radius 3 is 2.49 bits per heavy atom. The number of nitrogens with zero attached hydrogens (tertiary/aromatic N) is 1. The third-order valence-corrected chi connectivity index (χ3v) is 6.63. The number of benzene rings is 3. The van der Waals surface area contributed by atoms with Gasteiger partial charge in [0.05, 0.1) is 31.5 Å². The van der Waals surface area contributed by atoms with Gasteiger partial charge in [0.15, 0.2) is 11.5 Å². The highest BCUT2D eigenvalue weighted by Gasteiger charge is 2.46. The van der Waals surface area contributed by atoms with Gasteiger partial charge < -0.3 is 23.9 Å². The van der Waals surface area contributed by atoms with Gasteiger partial charge in [0.2, 0.25) is 0 Å². The van der Waals surface area contributed by atoms with Gasteiger partial charge in [-0.05, 0) is 53.9 Å². The first-order valence-electron chi connectivity index (χ1n) is 12.3. The molecule has 0 aliphatic carbocycles. The third-order valence-electron chi connectivity index (χ3n) is 6.63. The van der Waals surface area contributed by atoms with Gasteiger partial charge >= 0.3 is 0 Å². The highest BCUT2D eigenvalue weighted by Crippen LogP contribution is 2.43. The molecule has 1 aliphatic rings. The van der Waals surface area contributed by atoms with Crippen LogP contribution in [0.25, 0.3) is 5.76 Å². The Morgan fingerprint density at radius 2 is 1.79 bits per heavy atom. The van der Waals surface area contributed by atoms with Crippen molar-refractivity contribution in [3.8, 4) is 11.5 Å². The number of methoxy groups -OCH3 is 1. The van der Waals surface area contributed by atoms with E-state index in [2.05, 4.69) is 0 Å². The van der Waals surface area contributed by atoms with Gasteiger partial charge in [0, 0.05) is 5.56 Å². The predicted octanol–water partition coefficient (Wildman–Crippen LogP) is 5.94. The molecule has 1 N–H and O–H groups in total. The fraction of sp³-hybridized carbons (Fsp3) is 0.161. The highest BCUT2D eigenvalue weighted by molar-refractivity contribution is 6.46. The van der Waals surface area contributed by atoms with E-state index < -0.39 is 29.3 Å². The number of ketones is 1. The number of carbonyl (C=O) groups excluding carboxylic acids is 2. The largest absolute Gasteiger partial charge is 0.507 e. The second-order valence-electron chi connectivity index (χ2n) is 9.15. The Kier molecular flexibility index (Phi) is 7.19. The fourth-order valence-electron chi connectivity index (χ4n) is 4.56. The minimum atomic E-state index is -0.989. The molecular formula is C31H26FNO6. The van der Waals surface area contributed by atoms with Gasteiger partial charge in [0.25, 0.3) is 11.7 Å². The van der Waals surface area contributed by atoms with Crippen LogP contribution in [0.15, 0.2) is 95.1 Å². The molecule has 1 atom stereocenters. The first-order chi connectivity index (χ1) is 18.9. The van der Waals surface area contributed by atoms with Gasteiger partial charge in [-0.2, -0.15) is 0 Å². The number of rotatable bonds is 8. The minimum Gasteiger partial charge on any atom is -0.507 e. The molecule has 1 saturated heterocycles. The number of furan rings is 1. The summed E-state index contributed by atoms with van der Waals surface area (Å²) in [5.74, 6) is -1.40. The van der Waals surface area contributed by atoms with E-state index in [1.54, 1.807) is 37.3 Å². The molecule has 4 aromatic rings. The van der Waals surface area contributed by atoms with Crippen LogP contribution in [0.1, 0.15) is 34.1 Å². The molecule has 0 spiro atoms. The third kappa shape index (κ3) is 5.13. The molecule has 1 unspecified atom stereocenters. The molecule has 39 heavy (non-hydrogen) atoms. The first-order valence-corrected chi connectivity index (χ1v) is 12.3. The lowest BCUT2D eigenvalue weighted by atomic mass is 9.94. The van der Waals surface area contributed by atoms with E-state index >= 15 is 0 Å². The Labute approximate surface area is 224 Å². The molecule has 5 rings (SSSR count). The van der Waals surface area contributed by atoms with E-state index in [4.69, 9.17) is 13.9 Å². The predicted molar refractivity (Wildman–Crippen MR) is 141 cm³/mol. The Morgan fingerprint density at radius 1 is 1.00 bits per heavy atom. The van der Waals surface area contributed by atoms with Crippen LogP contribution >= 0.6 is 0 Å². The molecule has 1 amide bonds. The van der Waals surface area contributed by atoms with Crippen molar-refractivity contribution in [3.05, 3.63) is 125 Å². The Hall–Kier alpha value is -4.85. The number of carbonyl (C=O) groups is 2. The van der Waals surface area contributed by atoms with Gasteiger partial charge in [-0.25, -0.2) is 4.39 Å². The number of halogens is 1. The van der Waals surface area contributed by atoms with Crippen LogP contribution in [0.3, 0.4) is 0 Å². The molecule has 0 bridgehead atoms. The number of hydrogen-bond acceptors (Lipinski definition) is 6. The molecule has 0 saturated carbocycles. The summed E-state index contributed by atoms with van der Waals surface area (Å²) >= 11 is 0. The van der Waals surface area contributed by atoms with Crippen LogP contribution in [0, 0.1) is 12.7 Å². The molecule has 2 heterocycles. The molecule has 1 aliphatic heterocycles. The summed E-state index contributed by atoms with van der Waals surface area (Å²) in [6.07, 6.45) is 1.47. The number of aryl methyl sites for hydroxylation is 1. The van der Waals surface area contributed by atoms with Crippen molar-refractivity contribution < 1.29 is 33.0 Å². The van der Waals surface area contributed by atoms with Crippen molar-refractivity contribution in [2.75, 3.05) is 7.11 Å². The summed E-state index contributed by atoms with van der Waals surface area (Å²) in [6, 6.07) is 21.2. The van der Waals surface area contributed by atoms with Crippen LogP contribution < -0.4 is 9.47 Å². The average molecular weight is 528 g/mol. The standard InChI is InChI=1S/C31H26FNO6/c1-19-10-11-22(15-24(19)32)29(34)27-28(33(31(36)30(27)35)17-23-9-6-14-38-23)21-12-13-25(26(16-21)37-2)39-18-20-7-4-3-5-8-20/h3-16,28,34H,17-18H2,1-2H3/b29-27+. The molecule has 198 valence electrons. The summed E-state index contributed by atoms with van der Waals surface area (Å²) < 4.78 is 31.3. The van der Waals surface area contributed by atoms with Crippen LogP contribution in [0.4, 0.5) is 4.39 Å². The Bertz CT molecular complexity index is 1540. The van der Waals surface area contributed by atoms with Crippen molar-refractivity contribution in [3.63, 3.8) is 0 Å². The number of Topliss-reactive ketones (excluding diaryl/α,β-unsaturated/α-hetero) is 1. The van der Waals surface area contributed by atoms with E-state index in [-0.39, 0.29) is 17.7 Å². The summed E-state index contributed by atoms with van der Waals surface area (Å²) in [5.41, 5.74) is 1.79. The van der Waals surface area contributed by atoms with Crippen molar-refractivity contribution in [2.24, 2.45) is 0 Å². The van der Waals surface area contributed by atoms with Crippen molar-refractivity contribution in [1.82, 2.24) is 4.90 Å². The molecule has 0 radical (unpaired) electrons. The van der Waals surface area contributed by atoms with Crippen LogP contribution in [-0.4, -0.2) is 28.8 Å². The molecular weight excluding hydrogens is 501 g/mol. The van der Waals surface area contributed by atoms with E-state index in [0.717, 1.165) is 11.6 Å². The summed E-state index contributed by atoms with van der Waals surface area (Å²) in [7, 11) is 1.49. The van der Waals surface area contributed by atoms with Crippen molar-refractivity contribution in [1.29, 1.82) is 0 Å². The lowest BCUT2D eigenvalue weighted by Crippen LogP contribution is -2.29. The van der Waals surface area contributed by atoms with Gasteiger partial charge in [0.1, 0.15) is 23.9 Å². The smallest absolute Gasteiger partial charge is 0.296 e. The number of aliphatic hydroxyl groups is 1. The van der Waals surface area contributed by atoms with E-state index in [1.165, 1.54) is 30.4 Å². The lowest BCUT2D eigenvalue weighted by molar-refractivity contribution is -0.140. The maximum absolute atomic E-state index is 14.3. The second kappa shape index (κ2) is 10.9. The van der Waals surface area contributed by atoms with Crippen LogP contribution in [0.2, 0.25) is 0 Å². The van der Waals surface area contributed by atoms with Gasteiger partial charge in [-0.1, -0.05) is 48.5 Å². The Balaban J connectivity index is 1.58. The number of hydrogen-bond donors (Lipinski definition) is 1. The summed E-state index contributed by atoms with van der Waals surface area (Å²) in [5, 5.41) is 11.2. The zero-order valence-corrected chi connectivity index (χ0v) is 21.4. The van der Waals surface area contributed by atoms with Crippen molar-refractivity contribution >= 4 is 17.4 Å². The SMILES string of the molecule is COc1cc(C2/C(=C(\O)c3ccc(C)c(F)c3)C(=O)C(=O)N2Cc2ccco2)ccc1OCc1ccccc1. The molecule has 7 nitrogen and oxygen atoms in total. The monoisotopic (exact) mass is 527 g/mol. The first kappa shape index (κ1) is 25.8. The fourth-order valence-corrected chi connectivity index (χ4v) is 4.56. The summed E-state index contributed by atoms with van der Waals surface area (Å²) in [4.78, 5) is 27.8. The van der Waals surface area contributed by atoms with E-state index in [9.17, 15) is 19.1 Å². The molecule has 1 aromatic heterocycles. The number of amides is 1. The highest BCUT2D eigenvalue weighted by atomic mass is 19.1. The molecule has 8 heteroatoms. The quantitative estimate of drug-likeness (QED) is 0.173. The number of likely N-dealkylation sites (tertiary alicyclic amines) is 1. The lowest BCUT2D eigenvalue weighted by Gasteiger charge is -2.25. The van der Waals surface area contributed by atoms with Crippen LogP contribution in [0.5, 0.6) is 11.5 Å². The zero-order chi connectivity index (χ0) is 27.5. The topological polar surface area (TPSA) is 89.2 Å². The van der Waals surface area contributed by atoms with Crippen molar-refractivity contribution in [2.45, 2.75) is 26.1 Å². The minimum absolute atomic E-state index is 0.0180. The molecule has 1 fully saturated rings. The molecule has 3 aromatic carbocycles. The summed E-state index contributed by atoms with van der Waals surface area (Å²) in [6.45, 7) is 1.89. The van der Waals surface area contributed by atoms with Gasteiger partial charge in [-0.3, -0.25) is 9.59 Å². The number of ether oxygens (including phenoxy) is 2. The normalized spacial score (nSPS) is 16.5. The maximum Gasteiger partial charge on any atom is 0.296 e. The zero-order valence-electron chi connectivity index (χ0n) is 21.4.